The van der Waals surface area contributed by atoms with Gasteiger partial charge in [-0.3, -0.25) is 0 Å². The molecule has 4 rings (SSSR count). The number of rotatable bonds is 8. The number of thiocarbonyl (C=S) groups is 1. The minimum absolute atomic E-state index is 0.315. The smallest absolute Gasteiger partial charge is 0.258 e. The van der Waals surface area contributed by atoms with Crippen LogP contribution in [0.3, 0.4) is 0 Å². The Morgan fingerprint density at radius 3 is 2.65 bits per heavy atom. The Morgan fingerprint density at radius 1 is 1.21 bits per heavy atom. The van der Waals surface area contributed by atoms with Crippen molar-refractivity contribution in [1.82, 2.24) is 20.4 Å². The first kappa shape index (κ1) is 23.9. The Labute approximate surface area is 204 Å². The molecule has 34 heavy (non-hydrogen) atoms. The van der Waals surface area contributed by atoms with Gasteiger partial charge in [-0.25, -0.2) is 4.39 Å². The molecule has 1 aliphatic heterocycles. The van der Waals surface area contributed by atoms with E-state index in [0.29, 0.717) is 29.4 Å². The molecule has 1 N–H and O–H groups in total. The van der Waals surface area contributed by atoms with Crippen LogP contribution in [0.4, 0.5) is 4.39 Å². The summed E-state index contributed by atoms with van der Waals surface area (Å²) in [7, 11) is 0. The van der Waals surface area contributed by atoms with E-state index in [1.54, 1.807) is 6.07 Å². The van der Waals surface area contributed by atoms with Crippen LogP contribution < -0.4 is 10.1 Å². The van der Waals surface area contributed by atoms with E-state index in [1.807, 2.05) is 44.2 Å². The highest BCUT2D eigenvalue weighted by Crippen LogP contribution is 2.37. The van der Waals surface area contributed by atoms with Gasteiger partial charge in [0.25, 0.3) is 5.89 Å². The van der Waals surface area contributed by atoms with Crippen molar-refractivity contribution in [2.75, 3.05) is 13.2 Å². The van der Waals surface area contributed by atoms with Crippen molar-refractivity contribution in [3.05, 3.63) is 71.5 Å². The van der Waals surface area contributed by atoms with E-state index in [2.05, 4.69) is 29.2 Å². The van der Waals surface area contributed by atoms with Crippen LogP contribution in [-0.4, -0.2) is 33.3 Å². The van der Waals surface area contributed by atoms with Gasteiger partial charge in [-0.15, -0.1) is 0 Å². The first-order valence-electron chi connectivity index (χ1n) is 11.5. The standard InChI is InChI=1S/C26H29FN4O2S/c1-5-32-21-11-9-18(10-12-21)24-29-25(33-30-24)22-17(4)31(14-13-16(2)3)26(34)28-23(22)19-7-6-8-20(27)15-19/h6-12,15-16,23H,5,13-14H2,1-4H3,(H,28,34). The Kier molecular flexibility index (Phi) is 7.26. The van der Waals surface area contributed by atoms with Crippen LogP contribution in [0.1, 0.15) is 51.6 Å². The first-order chi connectivity index (χ1) is 16.4. The minimum Gasteiger partial charge on any atom is -0.494 e. The number of allylic oxidation sites excluding steroid dienone is 1. The highest BCUT2D eigenvalue weighted by molar-refractivity contribution is 7.80. The molecule has 0 radical (unpaired) electrons. The average molecular weight is 481 g/mol. The first-order valence-corrected chi connectivity index (χ1v) is 11.9. The molecule has 178 valence electrons. The monoisotopic (exact) mass is 480 g/mol. The summed E-state index contributed by atoms with van der Waals surface area (Å²) in [4.78, 5) is 6.76. The van der Waals surface area contributed by atoms with Crippen LogP contribution in [0.5, 0.6) is 5.75 Å². The quantitative estimate of drug-likeness (QED) is 0.398. The number of hydrogen-bond donors (Lipinski definition) is 1. The highest BCUT2D eigenvalue weighted by atomic mass is 32.1. The topological polar surface area (TPSA) is 63.4 Å². The second-order valence-electron chi connectivity index (χ2n) is 8.65. The van der Waals surface area contributed by atoms with Gasteiger partial charge in [0, 0.05) is 17.8 Å². The number of nitrogens with zero attached hydrogens (tertiary/aromatic N) is 3. The fourth-order valence-electron chi connectivity index (χ4n) is 3.97. The number of benzene rings is 2. The molecule has 0 saturated heterocycles. The van der Waals surface area contributed by atoms with Gasteiger partial charge >= 0.3 is 0 Å². The van der Waals surface area contributed by atoms with Crippen molar-refractivity contribution in [2.45, 2.75) is 40.2 Å². The minimum atomic E-state index is -0.410. The van der Waals surface area contributed by atoms with Crippen LogP contribution in [0.2, 0.25) is 0 Å². The van der Waals surface area contributed by atoms with Gasteiger partial charge in [0.2, 0.25) is 5.82 Å². The van der Waals surface area contributed by atoms with Crippen LogP contribution in [0.25, 0.3) is 17.0 Å². The predicted octanol–water partition coefficient (Wildman–Crippen LogP) is 5.98. The zero-order chi connectivity index (χ0) is 24.2. The maximum atomic E-state index is 14.1. The molecule has 0 aliphatic carbocycles. The number of hydrogen-bond acceptors (Lipinski definition) is 5. The lowest BCUT2D eigenvalue weighted by atomic mass is 9.94. The lowest BCUT2D eigenvalue weighted by Gasteiger charge is -2.37. The fraction of sp³-hybridized carbons (Fsp3) is 0.346. The number of nitrogens with one attached hydrogen (secondary N) is 1. The van der Waals surface area contributed by atoms with Gasteiger partial charge in [0.15, 0.2) is 5.11 Å². The van der Waals surface area contributed by atoms with Gasteiger partial charge < -0.3 is 19.5 Å². The molecule has 1 unspecified atom stereocenters. The van der Waals surface area contributed by atoms with Gasteiger partial charge in [0.05, 0.1) is 18.2 Å². The second-order valence-corrected chi connectivity index (χ2v) is 9.04. The van der Waals surface area contributed by atoms with E-state index >= 15 is 0 Å². The zero-order valence-corrected chi connectivity index (χ0v) is 20.7. The van der Waals surface area contributed by atoms with Crippen molar-refractivity contribution in [1.29, 1.82) is 0 Å². The van der Waals surface area contributed by atoms with Crippen molar-refractivity contribution < 1.29 is 13.7 Å². The van der Waals surface area contributed by atoms with Gasteiger partial charge in [-0.1, -0.05) is 31.1 Å². The summed E-state index contributed by atoms with van der Waals surface area (Å²) in [5.74, 6) is 1.84. The number of halogens is 1. The summed E-state index contributed by atoms with van der Waals surface area (Å²) < 4.78 is 25.4. The maximum absolute atomic E-state index is 14.1. The van der Waals surface area contributed by atoms with E-state index in [9.17, 15) is 4.39 Å². The van der Waals surface area contributed by atoms with Crippen molar-refractivity contribution in [3.8, 4) is 17.1 Å². The highest BCUT2D eigenvalue weighted by Gasteiger charge is 2.34. The molecule has 0 spiro atoms. The lowest BCUT2D eigenvalue weighted by Crippen LogP contribution is -2.46. The second kappa shape index (κ2) is 10.3. The average Bonchev–Trinajstić information content (AvgIpc) is 3.29. The molecule has 1 aliphatic rings. The maximum Gasteiger partial charge on any atom is 0.258 e. The number of aromatic nitrogens is 2. The molecule has 0 bridgehead atoms. The Hall–Kier alpha value is -3.26. The molecule has 1 atom stereocenters. The Bertz CT molecular complexity index is 1190. The molecule has 2 aromatic carbocycles. The lowest BCUT2D eigenvalue weighted by molar-refractivity contribution is 0.340. The van der Waals surface area contributed by atoms with E-state index < -0.39 is 6.04 Å². The largest absolute Gasteiger partial charge is 0.494 e. The van der Waals surface area contributed by atoms with Gasteiger partial charge in [-0.2, -0.15) is 4.98 Å². The van der Waals surface area contributed by atoms with Gasteiger partial charge in [0.1, 0.15) is 11.6 Å². The van der Waals surface area contributed by atoms with Crippen LogP contribution in [0.15, 0.2) is 58.8 Å². The third-order valence-electron chi connectivity index (χ3n) is 5.79. The Morgan fingerprint density at radius 2 is 1.97 bits per heavy atom. The molecule has 0 amide bonds. The number of ether oxygens (including phenoxy) is 1. The van der Waals surface area contributed by atoms with Gasteiger partial charge in [-0.05, 0) is 80.4 Å². The summed E-state index contributed by atoms with van der Waals surface area (Å²) in [5.41, 5.74) is 3.25. The van der Waals surface area contributed by atoms with Crippen LogP contribution in [0, 0.1) is 11.7 Å². The third-order valence-corrected chi connectivity index (χ3v) is 6.13. The SMILES string of the molecule is CCOc1ccc(-c2noc(C3=C(C)N(CCC(C)C)C(=S)NC3c3cccc(F)c3)n2)cc1. The molecule has 0 saturated carbocycles. The van der Waals surface area contributed by atoms with E-state index in [0.717, 1.165) is 41.1 Å². The molecule has 2 heterocycles. The molecule has 1 aromatic heterocycles. The molecular formula is C26H29FN4O2S. The molecular weight excluding hydrogens is 451 g/mol. The summed E-state index contributed by atoms with van der Waals surface area (Å²) in [6.45, 7) is 9.65. The zero-order valence-electron chi connectivity index (χ0n) is 19.8. The Balaban J connectivity index is 1.74. The summed E-state index contributed by atoms with van der Waals surface area (Å²) in [6.07, 6.45) is 0.971. The van der Waals surface area contributed by atoms with E-state index in [-0.39, 0.29) is 5.82 Å². The molecule has 6 nitrogen and oxygen atoms in total. The van der Waals surface area contributed by atoms with Crippen molar-refractivity contribution >= 4 is 22.9 Å². The van der Waals surface area contributed by atoms with E-state index in [1.165, 1.54) is 12.1 Å². The predicted molar refractivity (Wildman–Crippen MR) is 135 cm³/mol. The molecule has 8 heteroatoms. The third kappa shape index (κ3) is 5.12. The van der Waals surface area contributed by atoms with Crippen molar-refractivity contribution in [3.63, 3.8) is 0 Å². The fourth-order valence-corrected chi connectivity index (χ4v) is 4.31. The summed E-state index contributed by atoms with van der Waals surface area (Å²) >= 11 is 5.69. The van der Waals surface area contributed by atoms with E-state index in [4.69, 9.17) is 26.5 Å². The summed E-state index contributed by atoms with van der Waals surface area (Å²) in [6, 6.07) is 13.6. The molecule has 3 aromatic rings. The molecule has 0 fully saturated rings. The van der Waals surface area contributed by atoms with Crippen LogP contribution in [-0.2, 0) is 0 Å². The van der Waals surface area contributed by atoms with Crippen LogP contribution >= 0.6 is 12.2 Å². The normalized spacial score (nSPS) is 16.2. The van der Waals surface area contributed by atoms with Crippen molar-refractivity contribution in [2.24, 2.45) is 5.92 Å². The summed E-state index contributed by atoms with van der Waals surface area (Å²) in [5, 5.41) is 8.19.